The lowest BCUT2D eigenvalue weighted by Crippen LogP contribution is -1.91. The van der Waals surface area contributed by atoms with Crippen LogP contribution in [0.2, 0.25) is 0 Å². The minimum atomic E-state index is -0.102. The van der Waals surface area contributed by atoms with E-state index in [1.807, 2.05) is 24.3 Å². The predicted octanol–water partition coefficient (Wildman–Crippen LogP) is 2.52. The van der Waals surface area contributed by atoms with E-state index in [2.05, 4.69) is 0 Å². The molecule has 2 nitrogen and oxygen atoms in total. The zero-order chi connectivity index (χ0) is 10.4. The molecule has 1 rings (SSSR count). The lowest BCUT2D eigenvalue weighted by atomic mass is 10.2. The number of rotatable bonds is 4. The van der Waals surface area contributed by atoms with Gasteiger partial charge in [0.1, 0.15) is 5.75 Å². The summed E-state index contributed by atoms with van der Waals surface area (Å²) in [4.78, 5) is 10.9. The lowest BCUT2D eigenvalue weighted by molar-refractivity contribution is -0.112. The first-order chi connectivity index (χ1) is 6.76. The van der Waals surface area contributed by atoms with E-state index in [9.17, 15) is 4.79 Å². The number of alkyl halides is 1. The van der Waals surface area contributed by atoms with Gasteiger partial charge in [-0.05, 0) is 23.8 Å². The highest BCUT2D eigenvalue weighted by atomic mass is 35.5. The molecule has 3 heteroatoms. The van der Waals surface area contributed by atoms with Crippen molar-refractivity contribution in [2.45, 2.75) is 0 Å². The van der Waals surface area contributed by atoms with Crippen LogP contribution in [0.4, 0.5) is 0 Å². The maximum Gasteiger partial charge on any atom is 0.170 e. The summed E-state index contributed by atoms with van der Waals surface area (Å²) in [7, 11) is 1.60. The van der Waals surface area contributed by atoms with Crippen molar-refractivity contribution in [3.63, 3.8) is 0 Å². The summed E-state index contributed by atoms with van der Waals surface area (Å²) in [5, 5.41) is 0. The molecule has 1 aromatic rings. The van der Waals surface area contributed by atoms with Crippen LogP contribution < -0.4 is 4.74 Å². The molecule has 0 aromatic heterocycles. The van der Waals surface area contributed by atoms with Crippen LogP contribution in [0.3, 0.4) is 0 Å². The standard InChI is InChI=1S/C11H11ClO2/c1-14-11-4-2-3-9(7-11)5-6-10(13)8-12/h2-7H,8H2,1H3/b6-5+. The van der Waals surface area contributed by atoms with Crippen molar-refractivity contribution in [1.29, 1.82) is 0 Å². The predicted molar refractivity (Wildman–Crippen MR) is 57.8 cm³/mol. The molecule has 74 valence electrons. The number of hydrogen-bond donors (Lipinski definition) is 0. The summed E-state index contributed by atoms with van der Waals surface area (Å²) in [5.41, 5.74) is 0.919. The van der Waals surface area contributed by atoms with Gasteiger partial charge in [0.25, 0.3) is 0 Å². The average molecular weight is 211 g/mol. The van der Waals surface area contributed by atoms with Gasteiger partial charge >= 0.3 is 0 Å². The van der Waals surface area contributed by atoms with E-state index in [1.165, 1.54) is 6.08 Å². The number of carbonyl (C=O) groups excluding carboxylic acids is 1. The molecule has 0 N–H and O–H groups in total. The van der Waals surface area contributed by atoms with E-state index in [0.29, 0.717) is 0 Å². The van der Waals surface area contributed by atoms with Crippen LogP contribution in [0.5, 0.6) is 5.75 Å². The lowest BCUT2D eigenvalue weighted by Gasteiger charge is -1.99. The van der Waals surface area contributed by atoms with Crippen LogP contribution in [0.1, 0.15) is 5.56 Å². The van der Waals surface area contributed by atoms with Crippen LogP contribution in [0, 0.1) is 0 Å². The first-order valence-electron chi connectivity index (χ1n) is 4.17. The van der Waals surface area contributed by atoms with Crippen molar-refractivity contribution in [3.8, 4) is 5.75 Å². The largest absolute Gasteiger partial charge is 0.497 e. The van der Waals surface area contributed by atoms with E-state index in [4.69, 9.17) is 16.3 Å². The highest BCUT2D eigenvalue weighted by molar-refractivity contribution is 6.29. The molecule has 0 amide bonds. The molecule has 0 unspecified atom stereocenters. The maximum atomic E-state index is 10.9. The van der Waals surface area contributed by atoms with E-state index in [0.717, 1.165) is 11.3 Å². The monoisotopic (exact) mass is 210 g/mol. The van der Waals surface area contributed by atoms with Gasteiger partial charge in [0.05, 0.1) is 13.0 Å². The minimum absolute atomic E-state index is 0.0144. The number of halogens is 1. The zero-order valence-corrected chi connectivity index (χ0v) is 8.62. The van der Waals surface area contributed by atoms with Crippen molar-refractivity contribution in [1.82, 2.24) is 0 Å². The Morgan fingerprint density at radius 1 is 1.57 bits per heavy atom. The van der Waals surface area contributed by atoms with E-state index in [1.54, 1.807) is 13.2 Å². The Hall–Kier alpha value is -1.28. The summed E-state index contributed by atoms with van der Waals surface area (Å²) in [6.45, 7) is 0. The third-order valence-corrected chi connectivity index (χ3v) is 1.95. The average Bonchev–Trinajstić information content (AvgIpc) is 2.26. The molecule has 0 atom stereocenters. The summed E-state index contributed by atoms with van der Waals surface area (Å²) in [6.07, 6.45) is 3.18. The topological polar surface area (TPSA) is 26.3 Å². The van der Waals surface area contributed by atoms with Gasteiger partial charge in [-0.2, -0.15) is 0 Å². The Bertz CT molecular complexity index is 345. The third kappa shape index (κ3) is 3.23. The normalized spacial score (nSPS) is 10.4. The fraction of sp³-hybridized carbons (Fsp3) is 0.182. The van der Waals surface area contributed by atoms with Crippen LogP contribution in [-0.2, 0) is 4.79 Å². The van der Waals surface area contributed by atoms with Gasteiger partial charge in [-0.3, -0.25) is 4.79 Å². The molecule has 0 aliphatic carbocycles. The maximum absolute atomic E-state index is 10.9. The Morgan fingerprint density at radius 2 is 2.36 bits per heavy atom. The van der Waals surface area contributed by atoms with Gasteiger partial charge in [0.2, 0.25) is 0 Å². The first-order valence-corrected chi connectivity index (χ1v) is 4.70. The highest BCUT2D eigenvalue weighted by Crippen LogP contribution is 2.13. The van der Waals surface area contributed by atoms with Crippen LogP contribution in [0.25, 0.3) is 6.08 Å². The molecule has 0 saturated heterocycles. The number of carbonyl (C=O) groups is 1. The van der Waals surface area contributed by atoms with E-state index >= 15 is 0 Å². The Labute approximate surface area is 88.1 Å². The van der Waals surface area contributed by atoms with Gasteiger partial charge in [-0.15, -0.1) is 11.6 Å². The Morgan fingerprint density at radius 3 is 3.00 bits per heavy atom. The van der Waals surface area contributed by atoms with Gasteiger partial charge in [0, 0.05) is 0 Å². The number of ketones is 1. The summed E-state index contributed by atoms with van der Waals surface area (Å²) < 4.78 is 5.04. The molecular weight excluding hydrogens is 200 g/mol. The molecular formula is C11H11ClO2. The van der Waals surface area contributed by atoms with Crippen molar-refractivity contribution < 1.29 is 9.53 Å². The third-order valence-electron chi connectivity index (χ3n) is 1.69. The fourth-order valence-electron chi connectivity index (χ4n) is 0.979. The first kappa shape index (κ1) is 10.8. The number of hydrogen-bond acceptors (Lipinski definition) is 2. The summed E-state index contributed by atoms with van der Waals surface area (Å²) >= 11 is 5.35. The molecule has 0 aliphatic rings. The van der Waals surface area contributed by atoms with Crippen molar-refractivity contribution in [3.05, 3.63) is 35.9 Å². The van der Waals surface area contributed by atoms with Gasteiger partial charge in [-0.25, -0.2) is 0 Å². The second-order valence-corrected chi connectivity index (χ2v) is 2.98. The van der Waals surface area contributed by atoms with Crippen molar-refractivity contribution >= 4 is 23.5 Å². The molecule has 0 spiro atoms. The smallest absolute Gasteiger partial charge is 0.170 e. The van der Waals surface area contributed by atoms with Gasteiger partial charge in [-0.1, -0.05) is 18.2 Å². The number of allylic oxidation sites excluding steroid dienone is 1. The van der Waals surface area contributed by atoms with Crippen molar-refractivity contribution in [2.24, 2.45) is 0 Å². The van der Waals surface area contributed by atoms with Gasteiger partial charge in [0.15, 0.2) is 5.78 Å². The number of methoxy groups -OCH3 is 1. The Balaban J connectivity index is 2.76. The van der Waals surface area contributed by atoms with E-state index < -0.39 is 0 Å². The molecule has 0 fully saturated rings. The number of benzene rings is 1. The quantitative estimate of drug-likeness (QED) is 0.564. The molecule has 0 radical (unpaired) electrons. The Kier molecular flexibility index (Phi) is 4.20. The molecule has 0 heterocycles. The molecule has 14 heavy (non-hydrogen) atoms. The molecule has 0 saturated carbocycles. The minimum Gasteiger partial charge on any atom is -0.497 e. The summed E-state index contributed by atoms with van der Waals surface area (Å²) in [5.74, 6) is 0.681. The van der Waals surface area contributed by atoms with Crippen LogP contribution in [-0.4, -0.2) is 18.8 Å². The molecule has 0 bridgehead atoms. The SMILES string of the molecule is COc1cccc(/C=C/C(=O)CCl)c1. The fourth-order valence-corrected chi connectivity index (χ4v) is 1.07. The van der Waals surface area contributed by atoms with Gasteiger partial charge < -0.3 is 4.74 Å². The van der Waals surface area contributed by atoms with Crippen LogP contribution >= 0.6 is 11.6 Å². The number of ether oxygens (including phenoxy) is 1. The second kappa shape index (κ2) is 5.45. The molecule has 1 aromatic carbocycles. The van der Waals surface area contributed by atoms with Crippen LogP contribution in [0.15, 0.2) is 30.3 Å². The highest BCUT2D eigenvalue weighted by Gasteiger charge is 1.94. The second-order valence-electron chi connectivity index (χ2n) is 2.71. The summed E-state index contributed by atoms with van der Waals surface area (Å²) in [6, 6.07) is 7.45. The molecule has 0 aliphatic heterocycles. The zero-order valence-electron chi connectivity index (χ0n) is 7.87. The van der Waals surface area contributed by atoms with E-state index in [-0.39, 0.29) is 11.7 Å². The van der Waals surface area contributed by atoms with Crippen molar-refractivity contribution in [2.75, 3.05) is 13.0 Å².